The number of piperidine rings is 1. The molecule has 0 spiro atoms. The molecule has 5 heteroatoms. The number of amides is 2. The van der Waals surface area contributed by atoms with Gasteiger partial charge in [0.2, 0.25) is 5.91 Å². The number of carbonyl (C=O) groups excluding carboxylic acids is 2. The van der Waals surface area contributed by atoms with Crippen molar-refractivity contribution in [1.29, 1.82) is 0 Å². The van der Waals surface area contributed by atoms with Crippen molar-refractivity contribution < 1.29 is 9.59 Å². The van der Waals surface area contributed by atoms with Crippen molar-refractivity contribution in [3.05, 3.63) is 65.5 Å². The number of fused-ring (bicyclic) bond motifs is 1. The molecule has 2 amide bonds. The van der Waals surface area contributed by atoms with Gasteiger partial charge in [-0.25, -0.2) is 0 Å². The summed E-state index contributed by atoms with van der Waals surface area (Å²) >= 11 is 0. The second-order valence-corrected chi connectivity index (χ2v) is 8.57. The Morgan fingerprint density at radius 1 is 1.17 bits per heavy atom. The van der Waals surface area contributed by atoms with Gasteiger partial charge in [-0.3, -0.25) is 14.6 Å². The molecule has 1 fully saturated rings. The van der Waals surface area contributed by atoms with E-state index < -0.39 is 6.04 Å². The number of nitrogens with zero attached hydrogens (tertiary/aromatic N) is 3. The van der Waals surface area contributed by atoms with Gasteiger partial charge in [0.15, 0.2) is 0 Å². The SMILES string of the molecule is CC(C)C[C@@H](C(=O)N1CCCC[C@H]1c1cccnc1)N1Cc2ccccc2C1=O. The molecule has 0 saturated carbocycles. The minimum absolute atomic E-state index is 0.0189. The number of pyridine rings is 1. The molecular weight excluding hydrogens is 362 g/mol. The monoisotopic (exact) mass is 391 g/mol. The molecule has 2 aliphatic rings. The second kappa shape index (κ2) is 8.36. The van der Waals surface area contributed by atoms with Crippen molar-refractivity contribution in [3.8, 4) is 0 Å². The highest BCUT2D eigenvalue weighted by molar-refractivity contribution is 6.01. The van der Waals surface area contributed by atoms with Gasteiger partial charge in [0.05, 0.1) is 6.04 Å². The van der Waals surface area contributed by atoms with Crippen LogP contribution in [0.2, 0.25) is 0 Å². The van der Waals surface area contributed by atoms with Crippen LogP contribution in [-0.4, -0.2) is 39.2 Å². The molecule has 152 valence electrons. The predicted octanol–water partition coefficient (Wildman–Crippen LogP) is 4.21. The van der Waals surface area contributed by atoms with E-state index >= 15 is 0 Å². The summed E-state index contributed by atoms with van der Waals surface area (Å²) in [6.45, 7) is 5.48. The average molecular weight is 392 g/mol. The van der Waals surface area contributed by atoms with Gasteiger partial charge in [-0.15, -0.1) is 0 Å². The lowest BCUT2D eigenvalue weighted by Gasteiger charge is -2.40. The first-order valence-electron chi connectivity index (χ1n) is 10.7. The van der Waals surface area contributed by atoms with Crippen molar-refractivity contribution >= 4 is 11.8 Å². The highest BCUT2D eigenvalue weighted by Crippen LogP contribution is 2.34. The average Bonchev–Trinajstić information content (AvgIpc) is 3.08. The summed E-state index contributed by atoms with van der Waals surface area (Å²) in [5, 5.41) is 0. The van der Waals surface area contributed by atoms with Crippen LogP contribution < -0.4 is 0 Å². The quantitative estimate of drug-likeness (QED) is 0.767. The number of carbonyl (C=O) groups is 2. The van der Waals surface area contributed by atoms with E-state index in [9.17, 15) is 9.59 Å². The third-order valence-corrected chi connectivity index (χ3v) is 6.06. The molecule has 1 aromatic carbocycles. The van der Waals surface area contributed by atoms with Crippen molar-refractivity contribution in [1.82, 2.24) is 14.8 Å². The molecule has 0 aliphatic carbocycles. The van der Waals surface area contributed by atoms with Gasteiger partial charge in [-0.1, -0.05) is 38.1 Å². The number of hydrogen-bond donors (Lipinski definition) is 0. The molecule has 0 bridgehead atoms. The Balaban J connectivity index is 1.63. The summed E-state index contributed by atoms with van der Waals surface area (Å²) in [6.07, 6.45) is 7.36. The summed E-state index contributed by atoms with van der Waals surface area (Å²) in [6, 6.07) is 11.3. The summed E-state index contributed by atoms with van der Waals surface area (Å²) in [5.41, 5.74) is 2.83. The predicted molar refractivity (Wildman–Crippen MR) is 112 cm³/mol. The van der Waals surface area contributed by atoms with Crippen LogP contribution in [0.3, 0.4) is 0 Å². The van der Waals surface area contributed by atoms with Crippen molar-refractivity contribution in [2.75, 3.05) is 6.54 Å². The number of aromatic nitrogens is 1. The van der Waals surface area contributed by atoms with E-state index in [0.717, 1.165) is 42.5 Å². The first-order valence-corrected chi connectivity index (χ1v) is 10.7. The van der Waals surface area contributed by atoms with Gasteiger partial charge in [0, 0.05) is 31.0 Å². The molecular formula is C24H29N3O2. The molecule has 1 saturated heterocycles. The van der Waals surface area contributed by atoms with E-state index in [1.165, 1.54) is 0 Å². The Morgan fingerprint density at radius 3 is 2.72 bits per heavy atom. The molecule has 0 unspecified atom stereocenters. The molecule has 5 nitrogen and oxygen atoms in total. The van der Waals surface area contributed by atoms with Crippen molar-refractivity contribution in [3.63, 3.8) is 0 Å². The molecule has 2 atom stereocenters. The van der Waals surface area contributed by atoms with E-state index in [1.54, 1.807) is 11.1 Å². The second-order valence-electron chi connectivity index (χ2n) is 8.57. The number of likely N-dealkylation sites (tertiary alicyclic amines) is 1. The van der Waals surface area contributed by atoms with Gasteiger partial charge in [0.25, 0.3) is 5.91 Å². The fraction of sp³-hybridized carbons (Fsp3) is 0.458. The Labute approximate surface area is 172 Å². The Hall–Kier alpha value is -2.69. The maximum Gasteiger partial charge on any atom is 0.255 e. The van der Waals surface area contributed by atoms with Gasteiger partial charge < -0.3 is 9.80 Å². The fourth-order valence-electron chi connectivity index (χ4n) is 4.64. The third-order valence-electron chi connectivity index (χ3n) is 6.06. The fourth-order valence-corrected chi connectivity index (χ4v) is 4.64. The molecule has 0 radical (unpaired) electrons. The summed E-state index contributed by atoms with van der Waals surface area (Å²) in [5.74, 6) is 0.380. The van der Waals surface area contributed by atoms with Gasteiger partial charge in [-0.2, -0.15) is 0 Å². The van der Waals surface area contributed by atoms with Crippen LogP contribution in [0.25, 0.3) is 0 Å². The standard InChI is InChI=1S/C24H29N3O2/c1-17(2)14-22(27-16-19-8-3-4-10-20(19)23(27)28)24(29)26-13-6-5-11-21(26)18-9-7-12-25-15-18/h3-4,7-10,12,15,17,21-22H,5-6,11,13-14,16H2,1-2H3/t21-,22-/m0/s1. The first-order chi connectivity index (χ1) is 14.1. The Morgan fingerprint density at radius 2 is 2.00 bits per heavy atom. The molecule has 4 rings (SSSR count). The molecule has 29 heavy (non-hydrogen) atoms. The number of benzene rings is 1. The van der Waals surface area contributed by atoms with Gasteiger partial charge in [0.1, 0.15) is 6.04 Å². The number of rotatable bonds is 5. The zero-order chi connectivity index (χ0) is 20.4. The minimum atomic E-state index is -0.424. The van der Waals surface area contributed by atoms with Crippen LogP contribution in [0.4, 0.5) is 0 Å². The zero-order valence-electron chi connectivity index (χ0n) is 17.3. The Bertz CT molecular complexity index is 881. The van der Waals surface area contributed by atoms with Crippen LogP contribution >= 0.6 is 0 Å². The largest absolute Gasteiger partial charge is 0.334 e. The maximum absolute atomic E-state index is 13.8. The first kappa shape index (κ1) is 19.6. The smallest absolute Gasteiger partial charge is 0.255 e. The zero-order valence-corrected chi connectivity index (χ0v) is 17.3. The van der Waals surface area contributed by atoms with Crippen LogP contribution in [0, 0.1) is 5.92 Å². The minimum Gasteiger partial charge on any atom is -0.334 e. The highest BCUT2D eigenvalue weighted by atomic mass is 16.2. The van der Waals surface area contributed by atoms with Crippen molar-refractivity contribution in [2.45, 2.75) is 58.2 Å². The summed E-state index contributed by atoms with van der Waals surface area (Å²) in [7, 11) is 0. The molecule has 2 aromatic rings. The molecule has 0 N–H and O–H groups in total. The van der Waals surface area contributed by atoms with Crippen LogP contribution in [-0.2, 0) is 11.3 Å². The van der Waals surface area contributed by atoms with E-state index in [4.69, 9.17) is 0 Å². The van der Waals surface area contributed by atoms with E-state index in [0.29, 0.717) is 18.9 Å². The number of hydrogen-bond acceptors (Lipinski definition) is 3. The lowest BCUT2D eigenvalue weighted by molar-refractivity contribution is -0.140. The van der Waals surface area contributed by atoms with Gasteiger partial charge in [-0.05, 0) is 54.9 Å². The summed E-state index contributed by atoms with van der Waals surface area (Å²) in [4.78, 5) is 35.0. The lowest BCUT2D eigenvalue weighted by atomic mass is 9.93. The molecule has 1 aromatic heterocycles. The van der Waals surface area contributed by atoms with E-state index in [1.807, 2.05) is 41.4 Å². The third kappa shape index (κ3) is 3.91. The molecule has 2 aliphatic heterocycles. The van der Waals surface area contributed by atoms with E-state index in [2.05, 4.69) is 24.9 Å². The van der Waals surface area contributed by atoms with E-state index in [-0.39, 0.29) is 17.9 Å². The maximum atomic E-state index is 13.8. The summed E-state index contributed by atoms with van der Waals surface area (Å²) < 4.78 is 0. The van der Waals surface area contributed by atoms with Gasteiger partial charge >= 0.3 is 0 Å². The Kier molecular flexibility index (Phi) is 5.65. The molecule has 3 heterocycles. The topological polar surface area (TPSA) is 53.5 Å². The van der Waals surface area contributed by atoms with Crippen LogP contribution in [0.5, 0.6) is 0 Å². The van der Waals surface area contributed by atoms with Crippen molar-refractivity contribution in [2.24, 2.45) is 5.92 Å². The lowest BCUT2D eigenvalue weighted by Crippen LogP contribution is -2.51. The highest BCUT2D eigenvalue weighted by Gasteiger charge is 2.40. The van der Waals surface area contributed by atoms with Crippen LogP contribution in [0.15, 0.2) is 48.8 Å². The normalized spacial score (nSPS) is 20.1. The van der Waals surface area contributed by atoms with Crippen LogP contribution in [0.1, 0.15) is 67.1 Å².